The van der Waals surface area contributed by atoms with E-state index in [1.54, 1.807) is 0 Å². The summed E-state index contributed by atoms with van der Waals surface area (Å²) in [6.45, 7) is 13.4. The number of nitrogens with one attached hydrogen (secondary N) is 1. The molecule has 2 aliphatic heterocycles. The Kier molecular flexibility index (Phi) is 6.79. The van der Waals surface area contributed by atoms with Crippen molar-refractivity contribution in [2.45, 2.75) is 77.4 Å². The molecule has 2 aliphatic rings. The van der Waals surface area contributed by atoms with Crippen LogP contribution in [0.3, 0.4) is 0 Å². The van der Waals surface area contributed by atoms with Crippen LogP contribution in [0.25, 0.3) is 0 Å². The van der Waals surface area contributed by atoms with Crippen molar-refractivity contribution in [2.75, 3.05) is 32.7 Å². The van der Waals surface area contributed by atoms with Gasteiger partial charge < -0.3 is 5.32 Å². The fourth-order valence-corrected chi connectivity index (χ4v) is 3.79. The van der Waals surface area contributed by atoms with Crippen LogP contribution in [0, 0.1) is 0 Å². The van der Waals surface area contributed by atoms with Crippen LogP contribution in [-0.2, 0) is 0 Å². The van der Waals surface area contributed by atoms with Crippen molar-refractivity contribution in [1.29, 1.82) is 0 Å². The van der Waals surface area contributed by atoms with E-state index >= 15 is 0 Å². The molecule has 0 bridgehead atoms. The van der Waals surface area contributed by atoms with Crippen LogP contribution in [0.5, 0.6) is 0 Å². The molecule has 0 radical (unpaired) electrons. The van der Waals surface area contributed by atoms with E-state index in [4.69, 9.17) is 0 Å². The summed E-state index contributed by atoms with van der Waals surface area (Å²) in [4.78, 5) is 5.46. The van der Waals surface area contributed by atoms with Gasteiger partial charge >= 0.3 is 0 Å². The van der Waals surface area contributed by atoms with Crippen molar-refractivity contribution in [3.8, 4) is 0 Å². The first-order valence-electron chi connectivity index (χ1n) is 8.96. The summed E-state index contributed by atoms with van der Waals surface area (Å²) in [5.41, 5.74) is 0. The van der Waals surface area contributed by atoms with Gasteiger partial charge in [-0.05, 0) is 52.1 Å². The highest BCUT2D eigenvalue weighted by Gasteiger charge is 2.30. The SMILES string of the molecule is CCC(CC)NCC(C)N1CCC(N2CCCCC2)C1. The van der Waals surface area contributed by atoms with Gasteiger partial charge in [0.2, 0.25) is 0 Å². The second-order valence-corrected chi connectivity index (χ2v) is 6.80. The summed E-state index contributed by atoms with van der Waals surface area (Å²) in [5, 5.41) is 3.73. The molecule has 0 amide bonds. The second kappa shape index (κ2) is 8.35. The Morgan fingerprint density at radius 1 is 1.05 bits per heavy atom. The normalized spacial score (nSPS) is 27.3. The van der Waals surface area contributed by atoms with Crippen LogP contribution in [-0.4, -0.2) is 60.6 Å². The lowest BCUT2D eigenvalue weighted by Crippen LogP contribution is -2.45. The molecule has 0 aromatic rings. The van der Waals surface area contributed by atoms with Gasteiger partial charge in [-0.25, -0.2) is 0 Å². The van der Waals surface area contributed by atoms with Gasteiger partial charge in [0.1, 0.15) is 0 Å². The molecule has 2 heterocycles. The summed E-state index contributed by atoms with van der Waals surface area (Å²) in [6.07, 6.45) is 8.17. The number of rotatable bonds is 7. The van der Waals surface area contributed by atoms with E-state index in [1.165, 1.54) is 64.7 Å². The van der Waals surface area contributed by atoms with Crippen molar-refractivity contribution < 1.29 is 0 Å². The molecular weight excluding hydrogens is 246 g/mol. The first-order chi connectivity index (χ1) is 9.74. The molecule has 20 heavy (non-hydrogen) atoms. The van der Waals surface area contributed by atoms with E-state index in [2.05, 4.69) is 35.9 Å². The molecule has 1 N–H and O–H groups in total. The molecule has 2 rings (SSSR count). The molecule has 0 aromatic carbocycles. The van der Waals surface area contributed by atoms with Crippen molar-refractivity contribution >= 4 is 0 Å². The Morgan fingerprint density at radius 3 is 2.40 bits per heavy atom. The van der Waals surface area contributed by atoms with Crippen LogP contribution in [0.1, 0.15) is 59.3 Å². The minimum atomic E-state index is 0.686. The highest BCUT2D eigenvalue weighted by atomic mass is 15.3. The Bertz CT molecular complexity index is 259. The van der Waals surface area contributed by atoms with Gasteiger partial charge in [0.25, 0.3) is 0 Å². The molecule has 2 atom stereocenters. The zero-order valence-electron chi connectivity index (χ0n) is 13.9. The van der Waals surface area contributed by atoms with Crippen molar-refractivity contribution in [2.24, 2.45) is 0 Å². The Labute approximate surface area is 126 Å². The van der Waals surface area contributed by atoms with E-state index in [-0.39, 0.29) is 0 Å². The van der Waals surface area contributed by atoms with E-state index < -0.39 is 0 Å². The molecule has 3 heteroatoms. The van der Waals surface area contributed by atoms with Gasteiger partial charge in [0.05, 0.1) is 0 Å². The first-order valence-corrected chi connectivity index (χ1v) is 8.96. The molecule has 0 spiro atoms. The Hall–Kier alpha value is -0.120. The van der Waals surface area contributed by atoms with E-state index in [1.807, 2.05) is 0 Å². The minimum Gasteiger partial charge on any atom is -0.312 e. The molecule has 0 aliphatic carbocycles. The number of hydrogen-bond donors (Lipinski definition) is 1. The molecule has 3 nitrogen and oxygen atoms in total. The standard InChI is InChI=1S/C17H35N3/c1-4-16(5-2)18-13-15(3)20-12-9-17(14-20)19-10-7-6-8-11-19/h15-18H,4-14H2,1-3H3. The van der Waals surface area contributed by atoms with Crippen LogP contribution in [0.15, 0.2) is 0 Å². The molecule has 0 saturated carbocycles. The smallest absolute Gasteiger partial charge is 0.0235 e. The summed E-state index contributed by atoms with van der Waals surface area (Å²) in [7, 11) is 0. The van der Waals surface area contributed by atoms with Crippen LogP contribution in [0.4, 0.5) is 0 Å². The average Bonchev–Trinajstić information content (AvgIpc) is 2.99. The maximum atomic E-state index is 3.73. The third-order valence-electron chi connectivity index (χ3n) is 5.41. The topological polar surface area (TPSA) is 18.5 Å². The number of likely N-dealkylation sites (tertiary alicyclic amines) is 2. The Balaban J connectivity index is 1.71. The number of piperidine rings is 1. The molecule has 2 fully saturated rings. The quantitative estimate of drug-likeness (QED) is 0.774. The van der Waals surface area contributed by atoms with Crippen molar-refractivity contribution in [1.82, 2.24) is 15.1 Å². The van der Waals surface area contributed by atoms with Gasteiger partial charge in [-0.2, -0.15) is 0 Å². The third-order valence-corrected chi connectivity index (χ3v) is 5.41. The lowest BCUT2D eigenvalue weighted by molar-refractivity contribution is 0.153. The van der Waals surface area contributed by atoms with Crippen LogP contribution >= 0.6 is 0 Å². The zero-order chi connectivity index (χ0) is 14.4. The monoisotopic (exact) mass is 281 g/mol. The Morgan fingerprint density at radius 2 is 1.75 bits per heavy atom. The molecule has 118 valence electrons. The van der Waals surface area contributed by atoms with Gasteiger partial charge in [-0.3, -0.25) is 9.80 Å². The van der Waals surface area contributed by atoms with Crippen LogP contribution < -0.4 is 5.32 Å². The molecule has 0 aromatic heterocycles. The number of hydrogen-bond acceptors (Lipinski definition) is 3. The predicted octanol–water partition coefficient (Wildman–Crippen LogP) is 2.71. The van der Waals surface area contributed by atoms with Gasteiger partial charge in [-0.15, -0.1) is 0 Å². The van der Waals surface area contributed by atoms with E-state index in [0.29, 0.717) is 12.1 Å². The van der Waals surface area contributed by atoms with Crippen molar-refractivity contribution in [3.63, 3.8) is 0 Å². The predicted molar refractivity (Wildman–Crippen MR) is 87.2 cm³/mol. The minimum absolute atomic E-state index is 0.686. The van der Waals surface area contributed by atoms with Crippen molar-refractivity contribution in [3.05, 3.63) is 0 Å². The van der Waals surface area contributed by atoms with Gasteiger partial charge in [0, 0.05) is 37.8 Å². The van der Waals surface area contributed by atoms with E-state index in [9.17, 15) is 0 Å². The van der Waals surface area contributed by atoms with E-state index in [0.717, 1.165) is 12.6 Å². The molecule has 2 unspecified atom stereocenters. The largest absolute Gasteiger partial charge is 0.312 e. The highest BCUT2D eigenvalue weighted by molar-refractivity contribution is 4.87. The summed E-state index contributed by atoms with van der Waals surface area (Å²) < 4.78 is 0. The molecule has 2 saturated heterocycles. The molecular formula is C17H35N3. The average molecular weight is 281 g/mol. The maximum Gasteiger partial charge on any atom is 0.0235 e. The first kappa shape index (κ1) is 16.3. The van der Waals surface area contributed by atoms with Gasteiger partial charge in [0.15, 0.2) is 0 Å². The maximum absolute atomic E-state index is 3.73. The summed E-state index contributed by atoms with van der Waals surface area (Å²) in [6, 6.07) is 2.23. The summed E-state index contributed by atoms with van der Waals surface area (Å²) >= 11 is 0. The van der Waals surface area contributed by atoms with Gasteiger partial charge in [-0.1, -0.05) is 20.3 Å². The second-order valence-electron chi connectivity index (χ2n) is 6.80. The fraction of sp³-hybridized carbons (Fsp3) is 1.00. The fourth-order valence-electron chi connectivity index (χ4n) is 3.79. The third kappa shape index (κ3) is 4.44. The summed E-state index contributed by atoms with van der Waals surface area (Å²) in [5.74, 6) is 0. The number of nitrogens with zero attached hydrogens (tertiary/aromatic N) is 2. The lowest BCUT2D eigenvalue weighted by atomic mass is 10.1. The zero-order valence-corrected chi connectivity index (χ0v) is 13.9. The highest BCUT2D eigenvalue weighted by Crippen LogP contribution is 2.21. The van der Waals surface area contributed by atoms with Crippen LogP contribution in [0.2, 0.25) is 0 Å². The lowest BCUT2D eigenvalue weighted by Gasteiger charge is -2.33.